The molecule has 0 unspecified atom stereocenters. The fourth-order valence-corrected chi connectivity index (χ4v) is 5.33. The van der Waals surface area contributed by atoms with Gasteiger partial charge in [0.25, 0.3) is 5.91 Å². The van der Waals surface area contributed by atoms with Gasteiger partial charge in [0.2, 0.25) is 10.0 Å². The van der Waals surface area contributed by atoms with Gasteiger partial charge < -0.3 is 10.1 Å². The summed E-state index contributed by atoms with van der Waals surface area (Å²) in [4.78, 5) is 13.0. The van der Waals surface area contributed by atoms with Gasteiger partial charge in [-0.15, -0.1) is 0 Å². The molecule has 0 radical (unpaired) electrons. The highest BCUT2D eigenvalue weighted by Crippen LogP contribution is 2.34. The molecule has 1 fully saturated rings. The summed E-state index contributed by atoms with van der Waals surface area (Å²) in [7, 11) is -3.68. The predicted molar refractivity (Wildman–Crippen MR) is 125 cm³/mol. The van der Waals surface area contributed by atoms with Crippen LogP contribution in [0.1, 0.15) is 29.6 Å². The van der Waals surface area contributed by atoms with Crippen LogP contribution in [-0.4, -0.2) is 31.7 Å². The van der Waals surface area contributed by atoms with Crippen molar-refractivity contribution in [3.63, 3.8) is 0 Å². The van der Waals surface area contributed by atoms with Crippen LogP contribution in [0.15, 0.2) is 77.7 Å². The molecule has 0 saturated carbocycles. The minimum atomic E-state index is -3.68. The highest BCUT2D eigenvalue weighted by Gasteiger charge is 2.27. The van der Waals surface area contributed by atoms with Crippen molar-refractivity contribution in [3.8, 4) is 11.5 Å². The van der Waals surface area contributed by atoms with Crippen molar-refractivity contribution in [2.45, 2.75) is 24.2 Å². The lowest BCUT2D eigenvalue weighted by Crippen LogP contribution is -2.35. The fraction of sp³-hybridized carbons (Fsp3) is 0.208. The Morgan fingerprint density at radius 1 is 0.906 bits per heavy atom. The molecule has 1 saturated heterocycles. The highest BCUT2D eigenvalue weighted by molar-refractivity contribution is 7.89. The van der Waals surface area contributed by atoms with Gasteiger partial charge >= 0.3 is 0 Å². The van der Waals surface area contributed by atoms with Crippen LogP contribution in [0.2, 0.25) is 5.02 Å². The van der Waals surface area contributed by atoms with Crippen LogP contribution in [0.3, 0.4) is 0 Å². The standard InChI is InChI=1S/C24H23ClN2O4S/c25-21-12-6-5-11-20(21)24(28)26-22-17-19(32(29,30)27-15-7-2-8-16-27)13-14-23(22)31-18-9-3-1-4-10-18/h1,3-6,9-14,17H,2,7-8,15-16H2,(H,26,28). The van der Waals surface area contributed by atoms with Crippen LogP contribution in [-0.2, 0) is 10.0 Å². The van der Waals surface area contributed by atoms with Crippen LogP contribution in [0.5, 0.6) is 11.5 Å². The summed E-state index contributed by atoms with van der Waals surface area (Å²) in [6.07, 6.45) is 2.70. The first-order valence-corrected chi connectivity index (χ1v) is 12.2. The normalized spacial score (nSPS) is 14.7. The number of carbonyl (C=O) groups excluding carboxylic acids is 1. The van der Waals surface area contributed by atoms with Gasteiger partial charge in [-0.2, -0.15) is 4.31 Å². The van der Waals surface area contributed by atoms with Gasteiger partial charge in [-0.1, -0.05) is 48.4 Å². The number of anilines is 1. The lowest BCUT2D eigenvalue weighted by Gasteiger charge is -2.26. The number of para-hydroxylation sites is 1. The Morgan fingerprint density at radius 3 is 2.31 bits per heavy atom. The molecule has 0 bridgehead atoms. The molecule has 6 nitrogen and oxygen atoms in total. The van der Waals surface area contributed by atoms with Crippen molar-refractivity contribution >= 4 is 33.2 Å². The van der Waals surface area contributed by atoms with E-state index in [4.69, 9.17) is 16.3 Å². The Kier molecular flexibility index (Phi) is 6.79. The van der Waals surface area contributed by atoms with E-state index in [-0.39, 0.29) is 16.1 Å². The first kappa shape index (κ1) is 22.3. The second-order valence-electron chi connectivity index (χ2n) is 7.47. The van der Waals surface area contributed by atoms with E-state index in [9.17, 15) is 13.2 Å². The third-order valence-electron chi connectivity index (χ3n) is 5.24. The van der Waals surface area contributed by atoms with E-state index in [0.717, 1.165) is 19.3 Å². The lowest BCUT2D eigenvalue weighted by molar-refractivity contribution is 0.102. The number of nitrogens with zero attached hydrogens (tertiary/aromatic N) is 1. The molecule has 1 amide bonds. The van der Waals surface area contributed by atoms with E-state index in [1.54, 1.807) is 42.5 Å². The second-order valence-corrected chi connectivity index (χ2v) is 9.82. The molecular weight excluding hydrogens is 448 g/mol. The molecule has 0 aliphatic carbocycles. The maximum Gasteiger partial charge on any atom is 0.257 e. The number of rotatable bonds is 6. The minimum absolute atomic E-state index is 0.106. The summed E-state index contributed by atoms with van der Waals surface area (Å²) in [5.74, 6) is 0.433. The zero-order valence-electron chi connectivity index (χ0n) is 17.3. The van der Waals surface area contributed by atoms with Crippen molar-refractivity contribution in [1.29, 1.82) is 0 Å². The van der Waals surface area contributed by atoms with Crippen LogP contribution in [0, 0.1) is 0 Å². The highest BCUT2D eigenvalue weighted by atomic mass is 35.5. The minimum Gasteiger partial charge on any atom is -0.455 e. The molecule has 1 aliphatic rings. The number of nitrogens with one attached hydrogen (secondary N) is 1. The number of amides is 1. The fourth-order valence-electron chi connectivity index (χ4n) is 3.56. The molecule has 3 aromatic carbocycles. The Bertz CT molecular complexity index is 1210. The molecule has 166 valence electrons. The Labute approximate surface area is 192 Å². The molecule has 0 atom stereocenters. The third kappa shape index (κ3) is 4.96. The van der Waals surface area contributed by atoms with E-state index in [2.05, 4.69) is 5.32 Å². The quantitative estimate of drug-likeness (QED) is 0.511. The summed E-state index contributed by atoms with van der Waals surface area (Å²) >= 11 is 6.17. The van der Waals surface area contributed by atoms with E-state index >= 15 is 0 Å². The summed E-state index contributed by atoms with van der Waals surface area (Å²) < 4.78 is 33.8. The van der Waals surface area contributed by atoms with E-state index in [1.165, 1.54) is 16.4 Å². The Hall–Kier alpha value is -2.87. The van der Waals surface area contributed by atoms with Gasteiger partial charge in [0.1, 0.15) is 5.75 Å². The molecule has 1 heterocycles. The van der Waals surface area contributed by atoms with Crippen molar-refractivity contribution in [2.75, 3.05) is 18.4 Å². The first-order chi connectivity index (χ1) is 15.4. The zero-order valence-corrected chi connectivity index (χ0v) is 18.9. The number of benzene rings is 3. The number of carbonyl (C=O) groups is 1. The molecule has 32 heavy (non-hydrogen) atoms. The molecule has 3 aromatic rings. The molecule has 0 spiro atoms. The molecule has 4 rings (SSSR count). The van der Waals surface area contributed by atoms with Crippen LogP contribution < -0.4 is 10.1 Å². The van der Waals surface area contributed by atoms with E-state index in [0.29, 0.717) is 29.6 Å². The van der Waals surface area contributed by atoms with Crippen molar-refractivity contribution in [2.24, 2.45) is 0 Å². The largest absolute Gasteiger partial charge is 0.455 e. The van der Waals surface area contributed by atoms with Crippen molar-refractivity contribution in [3.05, 3.63) is 83.4 Å². The van der Waals surface area contributed by atoms with Gasteiger partial charge in [0.15, 0.2) is 5.75 Å². The summed E-state index contributed by atoms with van der Waals surface area (Å²) in [5.41, 5.74) is 0.529. The summed E-state index contributed by atoms with van der Waals surface area (Å²) in [5, 5.41) is 3.07. The molecule has 1 N–H and O–H groups in total. The number of sulfonamides is 1. The summed E-state index contributed by atoms with van der Waals surface area (Å²) in [6.45, 7) is 0.984. The lowest BCUT2D eigenvalue weighted by atomic mass is 10.2. The topological polar surface area (TPSA) is 75.7 Å². The second kappa shape index (κ2) is 9.73. The molecule has 0 aromatic heterocycles. The smallest absolute Gasteiger partial charge is 0.257 e. The number of hydrogen-bond donors (Lipinski definition) is 1. The number of halogens is 1. The van der Waals surface area contributed by atoms with Crippen LogP contribution in [0.25, 0.3) is 0 Å². The van der Waals surface area contributed by atoms with Gasteiger partial charge in [0.05, 0.1) is 21.2 Å². The maximum absolute atomic E-state index is 13.2. The summed E-state index contributed by atoms with van der Waals surface area (Å²) in [6, 6.07) is 20.2. The van der Waals surface area contributed by atoms with Crippen LogP contribution in [0.4, 0.5) is 5.69 Å². The first-order valence-electron chi connectivity index (χ1n) is 10.4. The average Bonchev–Trinajstić information content (AvgIpc) is 2.81. The van der Waals surface area contributed by atoms with E-state index in [1.807, 2.05) is 18.2 Å². The maximum atomic E-state index is 13.2. The third-order valence-corrected chi connectivity index (χ3v) is 7.47. The van der Waals surface area contributed by atoms with Gasteiger partial charge in [-0.05, 0) is 55.3 Å². The van der Waals surface area contributed by atoms with Gasteiger partial charge in [-0.25, -0.2) is 8.42 Å². The Morgan fingerprint density at radius 2 is 1.59 bits per heavy atom. The van der Waals surface area contributed by atoms with Crippen molar-refractivity contribution < 1.29 is 17.9 Å². The number of hydrogen-bond acceptors (Lipinski definition) is 4. The van der Waals surface area contributed by atoms with Crippen molar-refractivity contribution in [1.82, 2.24) is 4.31 Å². The van der Waals surface area contributed by atoms with Crippen LogP contribution >= 0.6 is 11.6 Å². The van der Waals surface area contributed by atoms with Gasteiger partial charge in [-0.3, -0.25) is 4.79 Å². The molecular formula is C24H23ClN2O4S. The monoisotopic (exact) mass is 470 g/mol. The Balaban J connectivity index is 1.70. The van der Waals surface area contributed by atoms with Gasteiger partial charge in [0, 0.05) is 13.1 Å². The SMILES string of the molecule is O=C(Nc1cc(S(=O)(=O)N2CCCCC2)ccc1Oc1ccccc1)c1ccccc1Cl. The molecule has 8 heteroatoms. The predicted octanol–water partition coefficient (Wildman–Crippen LogP) is 5.56. The average molecular weight is 471 g/mol. The number of piperidine rings is 1. The number of ether oxygens (including phenoxy) is 1. The zero-order chi connectivity index (χ0) is 22.6. The molecule has 1 aliphatic heterocycles. The van der Waals surface area contributed by atoms with E-state index < -0.39 is 15.9 Å².